The molecular weight excluding hydrogens is 182 g/mol. The second-order valence-electron chi connectivity index (χ2n) is 2.92. The minimum atomic E-state index is -0.0550. The maximum absolute atomic E-state index is 11.6. The normalized spacial score (nSPS) is 13.9. The van der Waals surface area contributed by atoms with E-state index in [1.165, 1.54) is 0 Å². The highest BCUT2D eigenvalue weighted by molar-refractivity contribution is 5.98. The molecule has 2 rings (SSSR count). The molecule has 0 saturated carbocycles. The van der Waals surface area contributed by atoms with E-state index in [1.807, 2.05) is 0 Å². The number of carbonyl (C=O) groups is 1. The Bertz CT molecular complexity index is 381. The van der Waals surface area contributed by atoms with Crippen molar-refractivity contribution in [3.63, 3.8) is 0 Å². The van der Waals surface area contributed by atoms with Crippen molar-refractivity contribution in [2.75, 3.05) is 20.4 Å². The molecule has 0 bridgehead atoms. The summed E-state index contributed by atoms with van der Waals surface area (Å²) in [6.07, 6.45) is 0. The number of hydrogen-bond acceptors (Lipinski definition) is 4. The van der Waals surface area contributed by atoms with Crippen molar-refractivity contribution in [3.05, 3.63) is 23.8 Å². The number of hydrogen-bond donors (Lipinski definition) is 1. The molecular formula is C10H11NO3. The van der Waals surface area contributed by atoms with Crippen molar-refractivity contribution >= 4 is 5.78 Å². The molecule has 0 saturated heterocycles. The van der Waals surface area contributed by atoms with Crippen LogP contribution in [0.4, 0.5) is 0 Å². The van der Waals surface area contributed by atoms with E-state index in [-0.39, 0.29) is 26.1 Å². The lowest BCUT2D eigenvalue weighted by atomic mass is 10.1. The van der Waals surface area contributed by atoms with Gasteiger partial charge in [-0.15, -0.1) is 0 Å². The van der Waals surface area contributed by atoms with Crippen LogP contribution in [0.5, 0.6) is 11.5 Å². The van der Waals surface area contributed by atoms with Crippen LogP contribution in [0.15, 0.2) is 18.2 Å². The van der Waals surface area contributed by atoms with Gasteiger partial charge in [-0.25, -0.2) is 0 Å². The summed E-state index contributed by atoms with van der Waals surface area (Å²) < 4.78 is 17.2. The van der Waals surface area contributed by atoms with E-state index in [1.54, 1.807) is 18.2 Å². The molecule has 1 N–H and O–H groups in total. The molecule has 14 heavy (non-hydrogen) atoms. The zero-order chi connectivity index (χ0) is 10.7. The Kier molecular flexibility index (Phi) is 2.05. The van der Waals surface area contributed by atoms with Gasteiger partial charge < -0.3 is 14.8 Å². The number of benzene rings is 1. The van der Waals surface area contributed by atoms with Gasteiger partial charge in [0.15, 0.2) is 17.3 Å². The summed E-state index contributed by atoms with van der Waals surface area (Å²) in [6, 6.07) is 5.08. The Hall–Kier alpha value is -1.55. The first-order valence-corrected chi connectivity index (χ1v) is 4.24. The standard InChI is InChI=1S/C10H11NO3/c1-11-5-8(12)7-2-3-9-10(4-7)14-6-13-9/h2-4,11H,5-6H2,1H3/i1D. The van der Waals surface area contributed by atoms with E-state index in [2.05, 4.69) is 5.32 Å². The zero-order valence-corrected chi connectivity index (χ0v) is 7.58. The molecule has 4 nitrogen and oxygen atoms in total. The fraction of sp³-hybridized carbons (Fsp3) is 0.300. The maximum atomic E-state index is 11.6. The van der Waals surface area contributed by atoms with Crippen molar-refractivity contribution in [1.29, 1.82) is 0 Å². The molecule has 0 radical (unpaired) electrons. The van der Waals surface area contributed by atoms with Crippen molar-refractivity contribution in [2.24, 2.45) is 0 Å². The Balaban J connectivity index is 2.12. The van der Waals surface area contributed by atoms with Crippen LogP contribution >= 0.6 is 0 Å². The van der Waals surface area contributed by atoms with Crippen LogP contribution in [-0.2, 0) is 0 Å². The van der Waals surface area contributed by atoms with Crippen LogP contribution in [0.1, 0.15) is 11.7 Å². The number of carbonyl (C=O) groups excluding carboxylic acids is 1. The quantitative estimate of drug-likeness (QED) is 0.723. The highest BCUT2D eigenvalue weighted by atomic mass is 16.7. The Morgan fingerprint density at radius 1 is 1.57 bits per heavy atom. The summed E-state index contributed by atoms with van der Waals surface area (Å²) in [6.45, 7) is 0.376. The van der Waals surface area contributed by atoms with E-state index in [4.69, 9.17) is 10.8 Å². The highest BCUT2D eigenvalue weighted by Crippen LogP contribution is 2.32. The molecule has 0 fully saturated rings. The van der Waals surface area contributed by atoms with Crippen LogP contribution in [0, 0.1) is 0 Å². The molecule has 1 aromatic carbocycles. The number of fused-ring (bicyclic) bond motifs is 1. The number of Topliss-reactive ketones (excluding diaryl/α,β-unsaturated/α-hetero) is 1. The van der Waals surface area contributed by atoms with Crippen LogP contribution in [0.3, 0.4) is 0 Å². The minimum absolute atomic E-state index is 0.0380. The molecule has 0 unspecified atom stereocenters. The SMILES string of the molecule is [2H]CNCC(=O)c1ccc2c(c1)OCO2. The van der Waals surface area contributed by atoms with Gasteiger partial charge in [0.1, 0.15) is 0 Å². The Labute approximate surface area is 83.2 Å². The van der Waals surface area contributed by atoms with Gasteiger partial charge in [0, 0.05) is 6.93 Å². The van der Waals surface area contributed by atoms with Crippen molar-refractivity contribution in [3.8, 4) is 11.5 Å². The molecule has 1 aliphatic heterocycles. The molecule has 1 aromatic rings. The Morgan fingerprint density at radius 3 is 3.29 bits per heavy atom. The van der Waals surface area contributed by atoms with Crippen molar-refractivity contribution in [1.82, 2.24) is 5.32 Å². The zero-order valence-electron chi connectivity index (χ0n) is 8.58. The molecule has 1 heterocycles. The topological polar surface area (TPSA) is 47.6 Å². The van der Waals surface area contributed by atoms with Crippen LogP contribution in [0.2, 0.25) is 0 Å². The summed E-state index contributed by atoms with van der Waals surface area (Å²) in [5, 5.41) is 2.66. The molecule has 0 aromatic heterocycles. The summed E-state index contributed by atoms with van der Waals surface area (Å²) >= 11 is 0. The first-order valence-electron chi connectivity index (χ1n) is 4.95. The highest BCUT2D eigenvalue weighted by Gasteiger charge is 2.15. The second-order valence-corrected chi connectivity index (χ2v) is 2.92. The third-order valence-corrected chi connectivity index (χ3v) is 1.98. The summed E-state index contributed by atoms with van der Waals surface area (Å²) in [5.41, 5.74) is 0.570. The summed E-state index contributed by atoms with van der Waals surface area (Å²) in [5.74, 6) is 1.22. The van der Waals surface area contributed by atoms with E-state index in [0.717, 1.165) is 0 Å². The lowest BCUT2D eigenvalue weighted by Gasteiger charge is -2.01. The predicted octanol–water partition coefficient (Wildman–Crippen LogP) is 0.817. The van der Waals surface area contributed by atoms with Gasteiger partial charge in [0.2, 0.25) is 6.79 Å². The number of rotatable bonds is 3. The Morgan fingerprint density at radius 2 is 2.43 bits per heavy atom. The van der Waals surface area contributed by atoms with Gasteiger partial charge in [-0.2, -0.15) is 0 Å². The molecule has 0 atom stereocenters. The molecule has 74 valence electrons. The van der Waals surface area contributed by atoms with Crippen LogP contribution < -0.4 is 14.8 Å². The van der Waals surface area contributed by atoms with Gasteiger partial charge in [-0.05, 0) is 25.2 Å². The monoisotopic (exact) mass is 194 g/mol. The van der Waals surface area contributed by atoms with Crippen molar-refractivity contribution < 1.29 is 15.6 Å². The average molecular weight is 194 g/mol. The molecule has 0 aliphatic carbocycles. The number of nitrogens with one attached hydrogen (secondary N) is 1. The smallest absolute Gasteiger partial charge is 0.231 e. The van der Waals surface area contributed by atoms with E-state index in [9.17, 15) is 4.79 Å². The molecule has 0 spiro atoms. The third kappa shape index (κ3) is 1.56. The number of likely N-dealkylation sites (N-methyl/N-ethyl adjacent to an activating group) is 1. The minimum Gasteiger partial charge on any atom is -0.454 e. The fourth-order valence-electron chi connectivity index (χ4n) is 1.29. The summed E-state index contributed by atoms with van der Waals surface area (Å²) in [7, 11) is 0.0380. The lowest BCUT2D eigenvalue weighted by molar-refractivity contribution is 0.0993. The fourth-order valence-corrected chi connectivity index (χ4v) is 1.29. The van der Waals surface area contributed by atoms with Crippen LogP contribution in [-0.4, -0.2) is 26.1 Å². The second kappa shape index (κ2) is 3.67. The van der Waals surface area contributed by atoms with Gasteiger partial charge in [0.05, 0.1) is 6.54 Å². The van der Waals surface area contributed by atoms with E-state index in [0.29, 0.717) is 17.1 Å². The number of ether oxygens (including phenoxy) is 2. The lowest BCUT2D eigenvalue weighted by Crippen LogP contribution is -2.18. The summed E-state index contributed by atoms with van der Waals surface area (Å²) in [4.78, 5) is 11.6. The first-order chi connectivity index (χ1) is 7.31. The maximum Gasteiger partial charge on any atom is 0.231 e. The largest absolute Gasteiger partial charge is 0.454 e. The average Bonchev–Trinajstić information content (AvgIpc) is 2.72. The van der Waals surface area contributed by atoms with E-state index < -0.39 is 0 Å². The van der Waals surface area contributed by atoms with E-state index >= 15 is 0 Å². The van der Waals surface area contributed by atoms with Crippen molar-refractivity contribution in [2.45, 2.75) is 0 Å². The first kappa shape index (κ1) is 7.82. The van der Waals surface area contributed by atoms with Gasteiger partial charge in [0.25, 0.3) is 0 Å². The van der Waals surface area contributed by atoms with Gasteiger partial charge in [-0.3, -0.25) is 4.79 Å². The third-order valence-electron chi connectivity index (χ3n) is 1.98. The molecule has 0 amide bonds. The van der Waals surface area contributed by atoms with Gasteiger partial charge in [-0.1, -0.05) is 0 Å². The predicted molar refractivity (Wildman–Crippen MR) is 50.8 cm³/mol. The molecule has 4 heteroatoms. The van der Waals surface area contributed by atoms with Crippen LogP contribution in [0.25, 0.3) is 0 Å². The number of ketones is 1. The molecule has 1 aliphatic rings. The van der Waals surface area contributed by atoms with Gasteiger partial charge >= 0.3 is 0 Å².